The second kappa shape index (κ2) is 5.32. The fourth-order valence-corrected chi connectivity index (χ4v) is 2.62. The SMILES string of the molecule is NC(c1ccc(CC(=O)O)cc1)C1CCCC1. The van der Waals surface area contributed by atoms with Gasteiger partial charge in [0.2, 0.25) is 0 Å². The average Bonchev–Trinajstić information content (AvgIpc) is 2.82. The molecule has 17 heavy (non-hydrogen) atoms. The summed E-state index contributed by atoms with van der Waals surface area (Å²) >= 11 is 0. The first-order chi connectivity index (χ1) is 8.16. The number of benzene rings is 1. The molecule has 3 N–H and O–H groups in total. The molecule has 1 unspecified atom stereocenters. The molecule has 1 aliphatic carbocycles. The Kier molecular flexibility index (Phi) is 3.79. The van der Waals surface area contributed by atoms with Crippen molar-refractivity contribution < 1.29 is 9.90 Å². The lowest BCUT2D eigenvalue weighted by Crippen LogP contribution is -2.19. The summed E-state index contributed by atoms with van der Waals surface area (Å²) in [4.78, 5) is 10.6. The first-order valence-corrected chi connectivity index (χ1v) is 6.23. The number of nitrogens with two attached hydrogens (primary N) is 1. The third kappa shape index (κ3) is 3.07. The van der Waals surface area contributed by atoms with E-state index in [2.05, 4.69) is 0 Å². The smallest absolute Gasteiger partial charge is 0.307 e. The second-order valence-electron chi connectivity index (χ2n) is 4.88. The van der Waals surface area contributed by atoms with Crippen LogP contribution in [0, 0.1) is 5.92 Å². The van der Waals surface area contributed by atoms with Gasteiger partial charge in [-0.3, -0.25) is 4.79 Å². The van der Waals surface area contributed by atoms with Crippen molar-refractivity contribution in [2.75, 3.05) is 0 Å². The molecule has 1 aromatic carbocycles. The second-order valence-corrected chi connectivity index (χ2v) is 4.88. The predicted molar refractivity (Wildman–Crippen MR) is 66.7 cm³/mol. The van der Waals surface area contributed by atoms with Gasteiger partial charge in [-0.05, 0) is 29.9 Å². The zero-order valence-corrected chi connectivity index (χ0v) is 9.93. The molecule has 3 nitrogen and oxygen atoms in total. The largest absolute Gasteiger partial charge is 0.481 e. The molecule has 0 bridgehead atoms. The van der Waals surface area contributed by atoms with Crippen molar-refractivity contribution in [3.05, 3.63) is 35.4 Å². The van der Waals surface area contributed by atoms with E-state index in [9.17, 15) is 4.79 Å². The van der Waals surface area contributed by atoms with Crippen LogP contribution in [-0.2, 0) is 11.2 Å². The summed E-state index contributed by atoms with van der Waals surface area (Å²) in [5.74, 6) is -0.196. The lowest BCUT2D eigenvalue weighted by Gasteiger charge is -2.19. The van der Waals surface area contributed by atoms with Gasteiger partial charge in [0.15, 0.2) is 0 Å². The van der Waals surface area contributed by atoms with Crippen LogP contribution in [0.5, 0.6) is 0 Å². The van der Waals surface area contributed by atoms with Crippen molar-refractivity contribution in [2.24, 2.45) is 11.7 Å². The summed E-state index contributed by atoms with van der Waals surface area (Å²) in [6.07, 6.45) is 5.10. The van der Waals surface area contributed by atoms with Gasteiger partial charge in [0.1, 0.15) is 0 Å². The Morgan fingerprint density at radius 1 is 1.29 bits per heavy atom. The third-order valence-corrected chi connectivity index (χ3v) is 3.63. The van der Waals surface area contributed by atoms with Gasteiger partial charge >= 0.3 is 5.97 Å². The van der Waals surface area contributed by atoms with Crippen LogP contribution in [0.2, 0.25) is 0 Å². The van der Waals surface area contributed by atoms with Crippen molar-refractivity contribution in [3.63, 3.8) is 0 Å². The summed E-state index contributed by atoms with van der Waals surface area (Å²) in [5, 5.41) is 8.69. The molecule has 1 fully saturated rings. The number of carbonyl (C=O) groups is 1. The highest BCUT2D eigenvalue weighted by molar-refractivity contribution is 5.70. The monoisotopic (exact) mass is 233 g/mol. The number of hydrogen-bond acceptors (Lipinski definition) is 2. The van der Waals surface area contributed by atoms with E-state index >= 15 is 0 Å². The molecule has 0 aliphatic heterocycles. The topological polar surface area (TPSA) is 63.3 Å². The van der Waals surface area contributed by atoms with Crippen molar-refractivity contribution in [1.82, 2.24) is 0 Å². The van der Waals surface area contributed by atoms with Gasteiger partial charge in [0.25, 0.3) is 0 Å². The van der Waals surface area contributed by atoms with Crippen LogP contribution in [0.15, 0.2) is 24.3 Å². The first kappa shape index (κ1) is 12.1. The van der Waals surface area contributed by atoms with E-state index in [0.29, 0.717) is 5.92 Å². The maximum Gasteiger partial charge on any atom is 0.307 e. The average molecular weight is 233 g/mol. The van der Waals surface area contributed by atoms with Gasteiger partial charge in [-0.2, -0.15) is 0 Å². The standard InChI is InChI=1S/C14H19NO2/c15-14(11-3-1-2-4-11)12-7-5-10(6-8-12)9-13(16)17/h5-8,11,14H,1-4,9,15H2,(H,16,17). The van der Waals surface area contributed by atoms with Gasteiger partial charge in [-0.15, -0.1) is 0 Å². The highest BCUT2D eigenvalue weighted by atomic mass is 16.4. The Morgan fingerprint density at radius 3 is 2.41 bits per heavy atom. The molecular formula is C14H19NO2. The summed E-state index contributed by atoms with van der Waals surface area (Å²) in [6, 6.07) is 7.80. The van der Waals surface area contributed by atoms with Crippen molar-refractivity contribution in [2.45, 2.75) is 38.1 Å². The lowest BCUT2D eigenvalue weighted by atomic mass is 9.92. The van der Waals surface area contributed by atoms with Gasteiger partial charge in [-0.25, -0.2) is 0 Å². The molecule has 1 atom stereocenters. The highest BCUT2D eigenvalue weighted by Gasteiger charge is 2.22. The van der Waals surface area contributed by atoms with E-state index in [-0.39, 0.29) is 12.5 Å². The summed E-state index contributed by atoms with van der Waals surface area (Å²) in [7, 11) is 0. The minimum atomic E-state index is -0.794. The molecule has 0 heterocycles. The van der Waals surface area contributed by atoms with Crippen molar-refractivity contribution >= 4 is 5.97 Å². The molecule has 1 saturated carbocycles. The van der Waals surface area contributed by atoms with E-state index in [0.717, 1.165) is 11.1 Å². The number of carboxylic acid groups (broad SMARTS) is 1. The summed E-state index contributed by atoms with van der Waals surface area (Å²) in [6.45, 7) is 0. The predicted octanol–water partition coefficient (Wildman–Crippen LogP) is 2.50. The minimum Gasteiger partial charge on any atom is -0.481 e. The lowest BCUT2D eigenvalue weighted by molar-refractivity contribution is -0.136. The minimum absolute atomic E-state index is 0.0823. The van der Waals surface area contributed by atoms with Crippen LogP contribution >= 0.6 is 0 Å². The van der Waals surface area contributed by atoms with Crippen LogP contribution in [-0.4, -0.2) is 11.1 Å². The molecule has 92 valence electrons. The molecule has 3 heteroatoms. The number of carboxylic acids is 1. The van der Waals surface area contributed by atoms with E-state index in [1.165, 1.54) is 25.7 Å². The molecule has 0 amide bonds. The summed E-state index contributed by atoms with van der Waals surface area (Å²) < 4.78 is 0. The van der Waals surface area contributed by atoms with Crippen LogP contribution in [0.3, 0.4) is 0 Å². The van der Waals surface area contributed by atoms with E-state index in [1.807, 2.05) is 24.3 Å². The zero-order valence-electron chi connectivity index (χ0n) is 9.93. The zero-order chi connectivity index (χ0) is 12.3. The Labute approximate surface area is 102 Å². The van der Waals surface area contributed by atoms with E-state index in [4.69, 9.17) is 10.8 Å². The van der Waals surface area contributed by atoms with Gasteiger partial charge in [0, 0.05) is 6.04 Å². The Hall–Kier alpha value is -1.35. The van der Waals surface area contributed by atoms with Crippen molar-refractivity contribution in [3.8, 4) is 0 Å². The normalized spacial score (nSPS) is 18.2. The number of aliphatic carboxylic acids is 1. The Morgan fingerprint density at radius 2 is 1.88 bits per heavy atom. The third-order valence-electron chi connectivity index (χ3n) is 3.63. The highest BCUT2D eigenvalue weighted by Crippen LogP contribution is 2.34. The number of rotatable bonds is 4. The fraction of sp³-hybridized carbons (Fsp3) is 0.500. The number of hydrogen-bond donors (Lipinski definition) is 2. The molecule has 1 aliphatic rings. The van der Waals surface area contributed by atoms with E-state index in [1.54, 1.807) is 0 Å². The molecular weight excluding hydrogens is 214 g/mol. The van der Waals surface area contributed by atoms with Gasteiger partial charge in [-0.1, -0.05) is 37.1 Å². The van der Waals surface area contributed by atoms with Crippen LogP contribution in [0.4, 0.5) is 0 Å². The quantitative estimate of drug-likeness (QED) is 0.839. The maximum absolute atomic E-state index is 10.6. The van der Waals surface area contributed by atoms with Gasteiger partial charge < -0.3 is 10.8 Å². The fourth-order valence-electron chi connectivity index (χ4n) is 2.62. The van der Waals surface area contributed by atoms with Crippen LogP contribution < -0.4 is 5.73 Å². The van der Waals surface area contributed by atoms with Crippen LogP contribution in [0.25, 0.3) is 0 Å². The molecule has 0 aromatic heterocycles. The molecule has 2 rings (SSSR count). The summed E-state index contributed by atoms with van der Waals surface area (Å²) in [5.41, 5.74) is 8.20. The molecule has 0 spiro atoms. The van der Waals surface area contributed by atoms with Crippen LogP contribution in [0.1, 0.15) is 42.9 Å². The molecule has 1 aromatic rings. The van der Waals surface area contributed by atoms with E-state index < -0.39 is 5.97 Å². The Balaban J connectivity index is 2.03. The first-order valence-electron chi connectivity index (χ1n) is 6.23. The molecule has 0 saturated heterocycles. The van der Waals surface area contributed by atoms with Crippen molar-refractivity contribution in [1.29, 1.82) is 0 Å². The molecule has 0 radical (unpaired) electrons. The maximum atomic E-state index is 10.6. The van der Waals surface area contributed by atoms with Gasteiger partial charge in [0.05, 0.1) is 6.42 Å². The Bertz CT molecular complexity index is 380.